The van der Waals surface area contributed by atoms with Crippen LogP contribution in [0.2, 0.25) is 0 Å². The average molecular weight is 324 g/mol. The highest BCUT2D eigenvalue weighted by Gasteiger charge is 2.53. The minimum absolute atomic E-state index is 0.0432. The largest absolute Gasteiger partial charge is 0.376 e. The van der Waals surface area contributed by atoms with Crippen LogP contribution in [-0.2, 0) is 14.3 Å². The number of amides is 2. The minimum Gasteiger partial charge on any atom is -0.376 e. The Bertz CT molecular complexity index is 502. The molecule has 3 saturated heterocycles. The van der Waals surface area contributed by atoms with E-state index < -0.39 is 11.6 Å². The summed E-state index contributed by atoms with van der Waals surface area (Å²) < 4.78 is 20.4. The smallest absolute Gasteiger partial charge is 0.260 e. The third-order valence-corrected chi connectivity index (χ3v) is 6.07. The van der Waals surface area contributed by atoms with Crippen LogP contribution in [-0.4, -0.2) is 65.7 Å². The molecule has 1 saturated carbocycles. The van der Waals surface area contributed by atoms with Crippen molar-refractivity contribution in [1.82, 2.24) is 9.80 Å². The first kappa shape index (κ1) is 15.4. The van der Waals surface area contributed by atoms with E-state index in [9.17, 15) is 14.0 Å². The van der Waals surface area contributed by atoms with Gasteiger partial charge in [-0.15, -0.1) is 0 Å². The van der Waals surface area contributed by atoms with Crippen molar-refractivity contribution in [3.63, 3.8) is 0 Å². The maximum absolute atomic E-state index is 14.6. The van der Waals surface area contributed by atoms with Crippen LogP contribution >= 0.6 is 0 Å². The van der Waals surface area contributed by atoms with Gasteiger partial charge in [-0.05, 0) is 44.9 Å². The van der Waals surface area contributed by atoms with E-state index in [4.69, 9.17) is 4.74 Å². The Kier molecular flexibility index (Phi) is 3.82. The van der Waals surface area contributed by atoms with Crippen molar-refractivity contribution in [2.45, 2.75) is 62.8 Å². The molecule has 0 unspecified atom stereocenters. The fourth-order valence-electron chi connectivity index (χ4n) is 4.51. The first-order valence-electron chi connectivity index (χ1n) is 8.99. The second kappa shape index (κ2) is 5.72. The van der Waals surface area contributed by atoms with E-state index in [0.29, 0.717) is 32.4 Å². The maximum Gasteiger partial charge on any atom is 0.260 e. The summed E-state index contributed by atoms with van der Waals surface area (Å²) in [6.45, 7) is 2.59. The quantitative estimate of drug-likeness (QED) is 0.774. The maximum atomic E-state index is 14.6. The highest BCUT2D eigenvalue weighted by Crippen LogP contribution is 2.41. The summed E-state index contributed by atoms with van der Waals surface area (Å²) in [5.74, 6) is -0.515. The zero-order valence-electron chi connectivity index (χ0n) is 13.5. The Morgan fingerprint density at radius 1 is 1.13 bits per heavy atom. The normalized spacial score (nSPS) is 35.8. The summed E-state index contributed by atoms with van der Waals surface area (Å²) in [6.07, 6.45) is 4.86. The molecule has 0 radical (unpaired) electrons. The molecular formula is C17H25FN2O3. The number of alkyl halides is 1. The third-order valence-electron chi connectivity index (χ3n) is 6.07. The van der Waals surface area contributed by atoms with Crippen LogP contribution in [0.15, 0.2) is 0 Å². The second-order valence-corrected chi connectivity index (χ2v) is 7.51. The van der Waals surface area contributed by atoms with Gasteiger partial charge in [-0.25, -0.2) is 4.39 Å². The van der Waals surface area contributed by atoms with E-state index in [1.165, 1.54) is 0 Å². The number of hydrogen-bond acceptors (Lipinski definition) is 3. The lowest BCUT2D eigenvalue weighted by molar-refractivity contribution is -0.160. The number of carbonyl (C=O) groups excluding carboxylic acids is 2. The van der Waals surface area contributed by atoms with Gasteiger partial charge >= 0.3 is 0 Å². The molecule has 4 rings (SSSR count). The molecule has 1 aliphatic carbocycles. The number of rotatable bonds is 2. The Balaban J connectivity index is 1.52. The first-order valence-corrected chi connectivity index (χ1v) is 8.99. The number of likely N-dealkylation sites (tertiary alicyclic amines) is 2. The lowest BCUT2D eigenvalue weighted by Gasteiger charge is -2.45. The van der Waals surface area contributed by atoms with Crippen LogP contribution in [0.5, 0.6) is 0 Å². The molecule has 0 aromatic heterocycles. The summed E-state index contributed by atoms with van der Waals surface area (Å²) in [5.41, 5.74) is -1.69. The molecule has 4 aliphatic rings. The van der Waals surface area contributed by atoms with E-state index in [-0.39, 0.29) is 24.0 Å². The van der Waals surface area contributed by atoms with Crippen LogP contribution in [0.4, 0.5) is 4.39 Å². The monoisotopic (exact) mass is 324 g/mol. The zero-order valence-corrected chi connectivity index (χ0v) is 13.5. The summed E-state index contributed by atoms with van der Waals surface area (Å²) in [4.78, 5) is 29.0. The molecule has 3 heterocycles. The molecule has 0 aromatic rings. The van der Waals surface area contributed by atoms with Crippen molar-refractivity contribution < 1.29 is 18.7 Å². The lowest BCUT2D eigenvalue weighted by atomic mass is 9.79. The number of hydrogen-bond donors (Lipinski definition) is 0. The number of halogens is 1. The molecule has 3 atom stereocenters. The van der Waals surface area contributed by atoms with Crippen molar-refractivity contribution in [2.75, 3.05) is 26.2 Å². The van der Waals surface area contributed by atoms with Crippen molar-refractivity contribution in [1.29, 1.82) is 0 Å². The van der Waals surface area contributed by atoms with E-state index >= 15 is 0 Å². The van der Waals surface area contributed by atoms with Gasteiger partial charge in [-0.3, -0.25) is 9.59 Å². The Labute approximate surface area is 136 Å². The second-order valence-electron chi connectivity index (χ2n) is 7.51. The highest BCUT2D eigenvalue weighted by atomic mass is 19.1. The van der Waals surface area contributed by atoms with Crippen molar-refractivity contribution >= 4 is 11.8 Å². The molecule has 0 bridgehead atoms. The number of fused-ring (bicyclic) bond motifs is 1. The molecule has 0 N–H and O–H groups in total. The van der Waals surface area contributed by atoms with Crippen molar-refractivity contribution in [2.24, 2.45) is 5.92 Å². The van der Waals surface area contributed by atoms with E-state index in [2.05, 4.69) is 0 Å². The summed E-state index contributed by atoms with van der Waals surface area (Å²) in [7, 11) is 0. The average Bonchev–Trinajstić information content (AvgIpc) is 3.20. The van der Waals surface area contributed by atoms with Gasteiger partial charge in [0.15, 0.2) is 5.67 Å². The van der Waals surface area contributed by atoms with Crippen molar-refractivity contribution in [3.05, 3.63) is 0 Å². The Hall–Kier alpha value is -1.17. The number of nitrogens with zero attached hydrogens (tertiary/aromatic N) is 2. The molecule has 128 valence electrons. The first-order chi connectivity index (χ1) is 11.1. The standard InChI is InChI=1S/C17H25FN2O3/c18-17(5-3-6-17)16(22)20-11-12(10-14-13(20)4-9-23-14)15(21)19-7-1-2-8-19/h12-14H,1-11H2/t12-,13-,14-/m1/s1. The van der Waals surface area contributed by atoms with Crippen LogP contribution in [0.1, 0.15) is 44.9 Å². The molecule has 0 spiro atoms. The van der Waals surface area contributed by atoms with Gasteiger partial charge in [0, 0.05) is 26.2 Å². The van der Waals surface area contributed by atoms with Gasteiger partial charge in [0.1, 0.15) is 0 Å². The Morgan fingerprint density at radius 2 is 1.87 bits per heavy atom. The molecule has 3 aliphatic heterocycles. The minimum atomic E-state index is -1.69. The fraction of sp³-hybridized carbons (Fsp3) is 0.882. The topological polar surface area (TPSA) is 49.9 Å². The number of carbonyl (C=O) groups is 2. The molecule has 5 nitrogen and oxygen atoms in total. The zero-order chi connectivity index (χ0) is 16.0. The third kappa shape index (κ3) is 2.55. The van der Waals surface area contributed by atoms with Crippen LogP contribution in [0.3, 0.4) is 0 Å². The van der Waals surface area contributed by atoms with Crippen LogP contribution in [0.25, 0.3) is 0 Å². The van der Waals surface area contributed by atoms with Crippen molar-refractivity contribution in [3.8, 4) is 0 Å². The highest BCUT2D eigenvalue weighted by molar-refractivity contribution is 5.88. The van der Waals surface area contributed by atoms with Gasteiger partial charge in [0.05, 0.1) is 18.1 Å². The molecular weight excluding hydrogens is 299 g/mol. The summed E-state index contributed by atoms with van der Waals surface area (Å²) >= 11 is 0. The summed E-state index contributed by atoms with van der Waals surface area (Å²) in [5, 5.41) is 0. The van der Waals surface area contributed by atoms with Gasteiger partial charge < -0.3 is 14.5 Å². The van der Waals surface area contributed by atoms with E-state index in [1.54, 1.807) is 4.90 Å². The fourth-order valence-corrected chi connectivity index (χ4v) is 4.51. The van der Waals surface area contributed by atoms with Gasteiger partial charge in [-0.1, -0.05) is 0 Å². The number of ether oxygens (including phenoxy) is 1. The molecule has 0 aromatic carbocycles. The van der Waals surface area contributed by atoms with Gasteiger partial charge in [0.2, 0.25) is 5.91 Å². The molecule has 23 heavy (non-hydrogen) atoms. The molecule has 2 amide bonds. The predicted octanol–water partition coefficient (Wildman–Crippen LogP) is 1.51. The number of piperidine rings is 1. The van der Waals surface area contributed by atoms with Gasteiger partial charge in [0.25, 0.3) is 5.91 Å². The SMILES string of the molecule is O=C([C@@H]1C[C@H]2OCC[C@H]2N(C(=O)C2(F)CCC2)C1)N1CCCC1. The Morgan fingerprint density at radius 3 is 2.52 bits per heavy atom. The lowest BCUT2D eigenvalue weighted by Crippen LogP contribution is -2.60. The summed E-state index contributed by atoms with van der Waals surface area (Å²) in [6, 6.07) is -0.0432. The molecule has 6 heteroatoms. The van der Waals surface area contributed by atoms with E-state index in [1.807, 2.05) is 4.90 Å². The van der Waals surface area contributed by atoms with Gasteiger partial charge in [-0.2, -0.15) is 0 Å². The van der Waals surface area contributed by atoms with Crippen LogP contribution < -0.4 is 0 Å². The van der Waals surface area contributed by atoms with Crippen LogP contribution in [0, 0.1) is 5.92 Å². The molecule has 4 fully saturated rings. The van der Waals surface area contributed by atoms with E-state index in [0.717, 1.165) is 38.8 Å². The predicted molar refractivity (Wildman–Crippen MR) is 81.5 cm³/mol.